The van der Waals surface area contributed by atoms with E-state index in [4.69, 9.17) is 4.74 Å². The number of hydrogen-bond acceptors (Lipinski definition) is 3. The van der Waals surface area contributed by atoms with Crippen LogP contribution in [0.5, 0.6) is 0 Å². The van der Waals surface area contributed by atoms with E-state index in [0.717, 1.165) is 30.7 Å². The highest BCUT2D eigenvalue weighted by Crippen LogP contribution is 2.48. The minimum absolute atomic E-state index is 0.246. The Labute approximate surface area is 124 Å². The summed E-state index contributed by atoms with van der Waals surface area (Å²) in [4.78, 5) is 0. The standard InChI is InChI=1S/C17H33NO2/c1-12(2)8-13(3)20-11-16(19)9-18-10-17(14-4-5-14)15-6-7-15/h12-19H,4-11H2,1-3H3. The zero-order valence-corrected chi connectivity index (χ0v) is 13.5. The first kappa shape index (κ1) is 16.3. The summed E-state index contributed by atoms with van der Waals surface area (Å²) in [6, 6.07) is 0. The highest BCUT2D eigenvalue weighted by Gasteiger charge is 2.40. The molecule has 2 saturated carbocycles. The third-order valence-corrected chi connectivity index (χ3v) is 4.59. The fourth-order valence-electron chi connectivity index (χ4n) is 3.25. The normalized spacial score (nSPS) is 22.5. The van der Waals surface area contributed by atoms with E-state index in [9.17, 15) is 5.11 Å². The average molecular weight is 283 g/mol. The summed E-state index contributed by atoms with van der Waals surface area (Å²) in [6.07, 6.45) is 6.66. The van der Waals surface area contributed by atoms with Crippen molar-refractivity contribution in [3.63, 3.8) is 0 Å². The second-order valence-corrected chi connectivity index (χ2v) is 7.42. The molecule has 2 aliphatic carbocycles. The summed E-state index contributed by atoms with van der Waals surface area (Å²) >= 11 is 0. The highest BCUT2D eigenvalue weighted by atomic mass is 16.5. The van der Waals surface area contributed by atoms with Gasteiger partial charge in [0.15, 0.2) is 0 Å². The van der Waals surface area contributed by atoms with Crippen molar-refractivity contribution in [3.8, 4) is 0 Å². The van der Waals surface area contributed by atoms with Crippen molar-refractivity contribution in [2.24, 2.45) is 23.7 Å². The van der Waals surface area contributed by atoms with Gasteiger partial charge in [0.25, 0.3) is 0 Å². The highest BCUT2D eigenvalue weighted by molar-refractivity contribution is 4.92. The van der Waals surface area contributed by atoms with Crippen molar-refractivity contribution in [1.82, 2.24) is 5.32 Å². The Bertz CT molecular complexity index is 262. The van der Waals surface area contributed by atoms with Gasteiger partial charge in [-0.1, -0.05) is 13.8 Å². The van der Waals surface area contributed by atoms with E-state index in [-0.39, 0.29) is 12.2 Å². The van der Waals surface area contributed by atoms with E-state index in [1.54, 1.807) is 0 Å². The summed E-state index contributed by atoms with van der Waals surface area (Å²) in [5.74, 6) is 3.49. The SMILES string of the molecule is CC(C)CC(C)OCC(O)CNCC(C1CC1)C1CC1. The predicted octanol–water partition coefficient (Wildman–Crippen LogP) is 2.82. The van der Waals surface area contributed by atoms with Crippen molar-refractivity contribution in [1.29, 1.82) is 0 Å². The predicted molar refractivity (Wildman–Crippen MR) is 82.7 cm³/mol. The van der Waals surface area contributed by atoms with Crippen LogP contribution in [0.2, 0.25) is 0 Å². The molecule has 20 heavy (non-hydrogen) atoms. The first-order valence-electron chi connectivity index (χ1n) is 8.56. The molecule has 118 valence electrons. The number of ether oxygens (including phenoxy) is 1. The Balaban J connectivity index is 1.52. The van der Waals surface area contributed by atoms with Crippen LogP contribution in [0.15, 0.2) is 0 Å². The third kappa shape index (κ3) is 6.11. The van der Waals surface area contributed by atoms with Gasteiger partial charge in [-0.3, -0.25) is 0 Å². The van der Waals surface area contributed by atoms with Gasteiger partial charge in [0.1, 0.15) is 0 Å². The molecule has 0 bridgehead atoms. The van der Waals surface area contributed by atoms with E-state index in [2.05, 4.69) is 26.1 Å². The summed E-state index contributed by atoms with van der Waals surface area (Å²) in [6.45, 7) is 8.72. The van der Waals surface area contributed by atoms with Crippen LogP contribution in [0, 0.1) is 23.7 Å². The zero-order valence-electron chi connectivity index (χ0n) is 13.5. The molecule has 3 nitrogen and oxygen atoms in total. The average Bonchev–Trinajstić information content (AvgIpc) is 3.25. The maximum absolute atomic E-state index is 9.97. The van der Waals surface area contributed by atoms with Crippen LogP contribution >= 0.6 is 0 Å². The molecule has 2 N–H and O–H groups in total. The molecule has 0 radical (unpaired) electrons. The molecule has 2 atom stereocenters. The summed E-state index contributed by atoms with van der Waals surface area (Å²) < 4.78 is 5.70. The summed E-state index contributed by atoms with van der Waals surface area (Å²) in [7, 11) is 0. The lowest BCUT2D eigenvalue weighted by Gasteiger charge is -2.20. The summed E-state index contributed by atoms with van der Waals surface area (Å²) in [5, 5.41) is 13.4. The Hall–Kier alpha value is -0.120. The Morgan fingerprint density at radius 2 is 1.65 bits per heavy atom. The molecule has 0 heterocycles. The van der Waals surface area contributed by atoms with Crippen LogP contribution in [0.3, 0.4) is 0 Å². The molecule has 0 saturated heterocycles. The van der Waals surface area contributed by atoms with E-state index >= 15 is 0 Å². The zero-order chi connectivity index (χ0) is 14.5. The maximum Gasteiger partial charge on any atom is 0.0897 e. The lowest BCUT2D eigenvalue weighted by atomic mass is 9.98. The van der Waals surface area contributed by atoms with Crippen LogP contribution in [0.1, 0.15) is 52.9 Å². The molecule has 2 aliphatic rings. The Morgan fingerprint density at radius 3 is 2.15 bits per heavy atom. The number of aliphatic hydroxyl groups excluding tert-OH is 1. The summed E-state index contributed by atoms with van der Waals surface area (Å²) in [5.41, 5.74) is 0. The fourth-order valence-corrected chi connectivity index (χ4v) is 3.25. The minimum atomic E-state index is -0.372. The van der Waals surface area contributed by atoms with E-state index in [0.29, 0.717) is 19.1 Å². The maximum atomic E-state index is 9.97. The molecule has 2 fully saturated rings. The van der Waals surface area contributed by atoms with Gasteiger partial charge in [0.05, 0.1) is 18.8 Å². The van der Waals surface area contributed by atoms with Gasteiger partial charge in [0.2, 0.25) is 0 Å². The molecular weight excluding hydrogens is 250 g/mol. The van der Waals surface area contributed by atoms with Crippen molar-refractivity contribution >= 4 is 0 Å². The first-order chi connectivity index (χ1) is 9.56. The molecule has 3 heteroatoms. The minimum Gasteiger partial charge on any atom is -0.389 e. The molecule has 2 rings (SSSR count). The topological polar surface area (TPSA) is 41.5 Å². The quantitative estimate of drug-likeness (QED) is 0.612. The smallest absolute Gasteiger partial charge is 0.0897 e. The molecule has 0 amide bonds. The fraction of sp³-hybridized carbons (Fsp3) is 1.00. The number of aliphatic hydroxyl groups is 1. The Morgan fingerprint density at radius 1 is 1.05 bits per heavy atom. The van der Waals surface area contributed by atoms with Crippen molar-refractivity contribution in [2.75, 3.05) is 19.7 Å². The lowest BCUT2D eigenvalue weighted by Crippen LogP contribution is -2.35. The van der Waals surface area contributed by atoms with Crippen molar-refractivity contribution < 1.29 is 9.84 Å². The van der Waals surface area contributed by atoms with Gasteiger partial charge in [-0.15, -0.1) is 0 Å². The second kappa shape index (κ2) is 7.77. The van der Waals surface area contributed by atoms with Crippen LogP contribution < -0.4 is 5.32 Å². The molecule has 2 unspecified atom stereocenters. The van der Waals surface area contributed by atoms with E-state index in [1.165, 1.54) is 25.7 Å². The Kier molecular flexibility index (Phi) is 6.31. The van der Waals surface area contributed by atoms with Gasteiger partial charge in [-0.05, 0) is 69.2 Å². The molecule has 0 aromatic rings. The van der Waals surface area contributed by atoms with Crippen LogP contribution in [0.25, 0.3) is 0 Å². The van der Waals surface area contributed by atoms with Gasteiger partial charge in [0, 0.05) is 6.54 Å². The molecule has 0 aliphatic heterocycles. The second-order valence-electron chi connectivity index (χ2n) is 7.42. The van der Waals surface area contributed by atoms with Gasteiger partial charge in [-0.2, -0.15) is 0 Å². The van der Waals surface area contributed by atoms with Gasteiger partial charge in [-0.25, -0.2) is 0 Å². The van der Waals surface area contributed by atoms with Gasteiger partial charge < -0.3 is 15.2 Å². The first-order valence-corrected chi connectivity index (χ1v) is 8.56. The van der Waals surface area contributed by atoms with Crippen LogP contribution in [0.4, 0.5) is 0 Å². The molecular formula is C17H33NO2. The lowest BCUT2D eigenvalue weighted by molar-refractivity contribution is -0.00880. The molecule has 0 aromatic heterocycles. The number of hydrogen-bond donors (Lipinski definition) is 2. The largest absolute Gasteiger partial charge is 0.389 e. The van der Waals surface area contributed by atoms with E-state index < -0.39 is 0 Å². The van der Waals surface area contributed by atoms with Crippen molar-refractivity contribution in [3.05, 3.63) is 0 Å². The molecule has 0 spiro atoms. The van der Waals surface area contributed by atoms with Crippen molar-refractivity contribution in [2.45, 2.75) is 65.1 Å². The van der Waals surface area contributed by atoms with Crippen LogP contribution in [-0.4, -0.2) is 37.0 Å². The van der Waals surface area contributed by atoms with Crippen LogP contribution in [-0.2, 0) is 4.74 Å². The molecule has 0 aromatic carbocycles. The number of nitrogens with one attached hydrogen (secondary N) is 1. The number of rotatable bonds is 11. The van der Waals surface area contributed by atoms with E-state index in [1.807, 2.05) is 0 Å². The third-order valence-electron chi connectivity index (χ3n) is 4.59. The van der Waals surface area contributed by atoms with Gasteiger partial charge >= 0.3 is 0 Å². The monoisotopic (exact) mass is 283 g/mol.